The number of rotatable bonds is 44. The van der Waals surface area contributed by atoms with E-state index in [9.17, 15) is 15.0 Å². The van der Waals surface area contributed by atoms with Crippen molar-refractivity contribution in [2.75, 3.05) is 6.61 Å². The van der Waals surface area contributed by atoms with Gasteiger partial charge in [0.25, 0.3) is 0 Å². The maximum absolute atomic E-state index is 12.4. The van der Waals surface area contributed by atoms with Crippen LogP contribution in [0.2, 0.25) is 0 Å². The lowest BCUT2D eigenvalue weighted by atomic mass is 10.0. The first-order chi connectivity index (χ1) is 26.2. The summed E-state index contributed by atoms with van der Waals surface area (Å²) in [5.41, 5.74) is 0. The summed E-state index contributed by atoms with van der Waals surface area (Å²) >= 11 is 0. The molecule has 53 heavy (non-hydrogen) atoms. The van der Waals surface area contributed by atoms with Crippen molar-refractivity contribution >= 4 is 5.91 Å². The number of hydrogen-bond donors (Lipinski definition) is 3. The molecule has 0 saturated heterocycles. The molecule has 2 atom stereocenters. The van der Waals surface area contributed by atoms with Gasteiger partial charge >= 0.3 is 0 Å². The van der Waals surface area contributed by atoms with Gasteiger partial charge in [0.15, 0.2) is 0 Å². The molecule has 0 aliphatic carbocycles. The zero-order valence-corrected chi connectivity index (χ0v) is 36.1. The monoisotopic (exact) mass is 746 g/mol. The minimum Gasteiger partial charge on any atom is -0.394 e. The molecule has 0 bridgehead atoms. The molecule has 3 N–H and O–H groups in total. The van der Waals surface area contributed by atoms with Crippen LogP contribution in [0, 0.1) is 0 Å². The van der Waals surface area contributed by atoms with Gasteiger partial charge in [-0.2, -0.15) is 0 Å². The lowest BCUT2D eigenvalue weighted by molar-refractivity contribution is -0.123. The van der Waals surface area contributed by atoms with Crippen molar-refractivity contribution in [2.24, 2.45) is 0 Å². The van der Waals surface area contributed by atoms with Crippen molar-refractivity contribution in [3.63, 3.8) is 0 Å². The van der Waals surface area contributed by atoms with Crippen LogP contribution in [0.1, 0.15) is 264 Å². The highest BCUT2D eigenvalue weighted by molar-refractivity contribution is 5.76. The Balaban J connectivity index is 3.45. The molecular formula is C49H95NO3. The van der Waals surface area contributed by atoms with Crippen molar-refractivity contribution in [2.45, 2.75) is 276 Å². The van der Waals surface area contributed by atoms with E-state index in [0.717, 1.165) is 32.1 Å². The largest absolute Gasteiger partial charge is 0.394 e. The Morgan fingerprint density at radius 3 is 1.09 bits per heavy atom. The Hall–Kier alpha value is -1.13. The molecule has 0 aromatic heterocycles. The lowest BCUT2D eigenvalue weighted by Gasteiger charge is -2.19. The van der Waals surface area contributed by atoms with E-state index in [1.807, 2.05) is 6.08 Å². The fourth-order valence-electron chi connectivity index (χ4n) is 7.49. The molecule has 0 spiro atoms. The molecule has 314 valence electrons. The van der Waals surface area contributed by atoms with Gasteiger partial charge in [-0.25, -0.2) is 0 Å². The molecule has 0 heterocycles. The van der Waals surface area contributed by atoms with Crippen molar-refractivity contribution in [3.05, 3.63) is 24.3 Å². The van der Waals surface area contributed by atoms with Crippen LogP contribution in [0.3, 0.4) is 0 Å². The standard InChI is InChI=1S/C49H95NO3/c1-3-5-7-9-11-13-15-17-18-19-20-21-22-23-24-25-26-27-28-29-30-31-33-35-37-39-41-43-45-49(53)50-47(46-51)48(52)44-42-40-38-36-34-32-16-14-12-10-8-6-4-2/h34,36,42,44,47-48,51-52H,3-33,35,37-41,43,45-46H2,1-2H3,(H,50,53)/b36-34+,44-42+. The number of unbranched alkanes of at least 4 members (excludes halogenated alkanes) is 35. The number of nitrogens with one attached hydrogen (secondary N) is 1. The van der Waals surface area contributed by atoms with Crippen LogP contribution < -0.4 is 5.32 Å². The van der Waals surface area contributed by atoms with Gasteiger partial charge in [0, 0.05) is 6.42 Å². The average molecular weight is 746 g/mol. The van der Waals surface area contributed by atoms with Crippen LogP contribution in [0.4, 0.5) is 0 Å². The van der Waals surface area contributed by atoms with Crippen molar-refractivity contribution in [3.8, 4) is 0 Å². The molecule has 0 saturated carbocycles. The van der Waals surface area contributed by atoms with E-state index in [1.165, 1.54) is 212 Å². The summed E-state index contributed by atoms with van der Waals surface area (Å²) in [5, 5.41) is 23.0. The normalized spacial score (nSPS) is 13.1. The van der Waals surface area contributed by atoms with Crippen LogP contribution in [-0.2, 0) is 4.79 Å². The van der Waals surface area contributed by atoms with E-state index in [4.69, 9.17) is 0 Å². The number of allylic oxidation sites excluding steroid dienone is 3. The van der Waals surface area contributed by atoms with E-state index in [1.54, 1.807) is 6.08 Å². The maximum Gasteiger partial charge on any atom is 0.220 e. The second kappa shape index (κ2) is 45.3. The molecule has 2 unspecified atom stereocenters. The third-order valence-corrected chi connectivity index (χ3v) is 11.2. The van der Waals surface area contributed by atoms with Gasteiger partial charge < -0.3 is 15.5 Å². The van der Waals surface area contributed by atoms with E-state index < -0.39 is 12.1 Å². The molecule has 0 rings (SSSR count). The molecule has 4 heteroatoms. The lowest BCUT2D eigenvalue weighted by Crippen LogP contribution is -2.45. The number of aliphatic hydroxyl groups is 2. The Morgan fingerprint density at radius 2 is 0.736 bits per heavy atom. The van der Waals surface area contributed by atoms with Crippen LogP contribution in [0.5, 0.6) is 0 Å². The quantitative estimate of drug-likeness (QED) is 0.0430. The summed E-state index contributed by atoms with van der Waals surface area (Å²) in [5.74, 6) is -0.0698. The third kappa shape index (κ3) is 41.9. The number of aliphatic hydroxyl groups excluding tert-OH is 2. The first-order valence-electron chi connectivity index (χ1n) is 24.1. The third-order valence-electron chi connectivity index (χ3n) is 11.2. The predicted octanol–water partition coefficient (Wildman–Crippen LogP) is 15.2. The second-order valence-corrected chi connectivity index (χ2v) is 16.5. The van der Waals surface area contributed by atoms with Crippen LogP contribution in [0.15, 0.2) is 24.3 Å². The minimum absolute atomic E-state index is 0.0698. The molecule has 0 aliphatic heterocycles. The summed E-state index contributed by atoms with van der Waals surface area (Å²) in [6.07, 6.45) is 58.9. The van der Waals surface area contributed by atoms with Crippen molar-refractivity contribution < 1.29 is 15.0 Å². The van der Waals surface area contributed by atoms with Gasteiger partial charge in [-0.15, -0.1) is 0 Å². The highest BCUT2D eigenvalue weighted by atomic mass is 16.3. The Morgan fingerprint density at radius 1 is 0.434 bits per heavy atom. The molecule has 0 fully saturated rings. The van der Waals surface area contributed by atoms with Gasteiger partial charge in [-0.1, -0.05) is 250 Å². The SMILES string of the molecule is CCCCCCCCC/C=C/CC/C=C/C(O)C(CO)NC(=O)CCCCCCCCCCCCCCCCCCCCCCCCCCCCCC. The summed E-state index contributed by atoms with van der Waals surface area (Å²) in [6.45, 7) is 4.30. The molecule has 0 aromatic carbocycles. The predicted molar refractivity (Wildman–Crippen MR) is 235 cm³/mol. The van der Waals surface area contributed by atoms with Crippen molar-refractivity contribution in [1.82, 2.24) is 5.32 Å². The summed E-state index contributed by atoms with van der Waals surface area (Å²) in [6, 6.07) is -0.634. The fourth-order valence-corrected chi connectivity index (χ4v) is 7.49. The van der Waals surface area contributed by atoms with E-state index in [0.29, 0.717) is 6.42 Å². The Bertz CT molecular complexity index is 765. The Kier molecular flexibility index (Phi) is 44.3. The molecule has 0 radical (unpaired) electrons. The molecule has 0 aromatic rings. The first-order valence-corrected chi connectivity index (χ1v) is 24.1. The maximum atomic E-state index is 12.4. The van der Waals surface area contributed by atoms with E-state index in [-0.39, 0.29) is 12.5 Å². The van der Waals surface area contributed by atoms with E-state index in [2.05, 4.69) is 31.3 Å². The van der Waals surface area contributed by atoms with Crippen LogP contribution in [-0.4, -0.2) is 34.9 Å². The average Bonchev–Trinajstić information content (AvgIpc) is 3.16. The molecule has 1 amide bonds. The van der Waals surface area contributed by atoms with Gasteiger partial charge in [-0.3, -0.25) is 4.79 Å². The topological polar surface area (TPSA) is 69.6 Å². The molecule has 4 nitrogen and oxygen atoms in total. The number of amides is 1. The summed E-state index contributed by atoms with van der Waals surface area (Å²) in [4.78, 5) is 12.4. The summed E-state index contributed by atoms with van der Waals surface area (Å²) in [7, 11) is 0. The highest BCUT2D eigenvalue weighted by Gasteiger charge is 2.17. The number of carbonyl (C=O) groups excluding carboxylic acids is 1. The van der Waals surface area contributed by atoms with Crippen molar-refractivity contribution in [1.29, 1.82) is 0 Å². The van der Waals surface area contributed by atoms with Crippen LogP contribution in [0.25, 0.3) is 0 Å². The molecule has 0 aliphatic rings. The number of carbonyl (C=O) groups is 1. The van der Waals surface area contributed by atoms with Gasteiger partial charge in [0.05, 0.1) is 18.8 Å². The highest BCUT2D eigenvalue weighted by Crippen LogP contribution is 2.17. The smallest absolute Gasteiger partial charge is 0.220 e. The fraction of sp³-hybridized carbons (Fsp3) is 0.898. The zero-order valence-electron chi connectivity index (χ0n) is 36.1. The molecular weight excluding hydrogens is 651 g/mol. The van der Waals surface area contributed by atoms with Gasteiger partial charge in [-0.05, 0) is 32.1 Å². The Labute approximate surface area is 332 Å². The summed E-state index contributed by atoms with van der Waals surface area (Å²) < 4.78 is 0. The minimum atomic E-state index is -0.857. The van der Waals surface area contributed by atoms with E-state index >= 15 is 0 Å². The van der Waals surface area contributed by atoms with Gasteiger partial charge in [0.1, 0.15) is 0 Å². The van der Waals surface area contributed by atoms with Crippen LogP contribution >= 0.6 is 0 Å². The number of hydrogen-bond acceptors (Lipinski definition) is 3. The second-order valence-electron chi connectivity index (χ2n) is 16.5. The van der Waals surface area contributed by atoms with Gasteiger partial charge in [0.2, 0.25) is 5.91 Å². The zero-order chi connectivity index (χ0) is 38.6. The first kappa shape index (κ1) is 51.9.